The molecule has 21 heavy (non-hydrogen) atoms. The van der Waals surface area contributed by atoms with Crippen molar-refractivity contribution in [3.8, 4) is 0 Å². The van der Waals surface area contributed by atoms with E-state index < -0.39 is 0 Å². The molecule has 0 unspecified atom stereocenters. The van der Waals surface area contributed by atoms with Gasteiger partial charge in [-0.2, -0.15) is 0 Å². The highest BCUT2D eigenvalue weighted by Crippen LogP contribution is 2.23. The number of aryl methyl sites for hydroxylation is 4. The monoisotopic (exact) mass is 322 g/mol. The van der Waals surface area contributed by atoms with Gasteiger partial charge in [-0.1, -0.05) is 35.3 Å². The first-order valence-corrected chi connectivity index (χ1v) is 7.73. The van der Waals surface area contributed by atoms with E-state index in [1.54, 1.807) is 0 Å². The Morgan fingerprint density at radius 3 is 1.43 bits per heavy atom. The van der Waals surface area contributed by atoms with Gasteiger partial charge in [0.25, 0.3) is 0 Å². The van der Waals surface area contributed by atoms with Crippen molar-refractivity contribution in [3.63, 3.8) is 0 Å². The molecule has 0 radical (unpaired) electrons. The third-order valence-corrected chi connectivity index (χ3v) is 4.56. The second-order valence-electron chi connectivity index (χ2n) is 5.55. The van der Waals surface area contributed by atoms with Crippen molar-refractivity contribution in [1.29, 1.82) is 0 Å². The summed E-state index contributed by atoms with van der Waals surface area (Å²) in [7, 11) is 0. The van der Waals surface area contributed by atoms with Crippen LogP contribution >= 0.6 is 23.2 Å². The molecule has 2 aromatic rings. The molecule has 2 aromatic carbocycles. The molecule has 112 valence electrons. The number of benzene rings is 2. The average molecular weight is 323 g/mol. The number of rotatable bonds is 4. The Morgan fingerprint density at radius 1 is 0.667 bits per heavy atom. The maximum absolute atomic E-state index is 6.17. The van der Waals surface area contributed by atoms with Crippen molar-refractivity contribution >= 4 is 23.2 Å². The molecule has 0 spiro atoms. The maximum Gasteiger partial charge on any atom is 0.0724 e. The average Bonchev–Trinajstić information content (AvgIpc) is 2.41. The van der Waals surface area contributed by atoms with Crippen molar-refractivity contribution in [1.82, 2.24) is 0 Å². The summed E-state index contributed by atoms with van der Waals surface area (Å²) in [6.07, 6.45) is 0. The van der Waals surface area contributed by atoms with Crippen LogP contribution in [0, 0.1) is 27.7 Å². The summed E-state index contributed by atoms with van der Waals surface area (Å²) in [5, 5.41) is 1.57. The fourth-order valence-corrected chi connectivity index (χ4v) is 2.69. The first kappa shape index (κ1) is 16.4. The van der Waals surface area contributed by atoms with Crippen LogP contribution in [0.25, 0.3) is 0 Å². The van der Waals surface area contributed by atoms with Crippen LogP contribution in [0.15, 0.2) is 24.3 Å². The molecule has 0 atom stereocenters. The Kier molecular flexibility index (Phi) is 5.32. The molecule has 0 aromatic heterocycles. The molecule has 0 fully saturated rings. The number of ether oxygens (including phenoxy) is 1. The molecule has 0 N–H and O–H groups in total. The normalized spacial score (nSPS) is 11.0. The Hall–Kier alpha value is -1.02. The van der Waals surface area contributed by atoms with Gasteiger partial charge >= 0.3 is 0 Å². The lowest BCUT2D eigenvalue weighted by Gasteiger charge is -2.12. The van der Waals surface area contributed by atoms with Gasteiger partial charge in [-0.15, -0.1) is 0 Å². The lowest BCUT2D eigenvalue weighted by Crippen LogP contribution is -1.99. The standard InChI is InChI=1S/C18H20Cl2O/c1-11-5-13(3)17(19)7-15(11)9-21-10-16-8-18(20)14(4)6-12(16)2/h5-8H,9-10H2,1-4H3. The van der Waals surface area contributed by atoms with Gasteiger partial charge in [0.15, 0.2) is 0 Å². The summed E-state index contributed by atoms with van der Waals surface area (Å²) in [5.74, 6) is 0. The van der Waals surface area contributed by atoms with Gasteiger partial charge in [0.2, 0.25) is 0 Å². The first-order valence-electron chi connectivity index (χ1n) is 6.97. The van der Waals surface area contributed by atoms with Crippen LogP contribution in [0.1, 0.15) is 33.4 Å². The number of hydrogen-bond acceptors (Lipinski definition) is 1. The molecule has 0 saturated carbocycles. The topological polar surface area (TPSA) is 9.23 Å². The minimum atomic E-state index is 0.552. The van der Waals surface area contributed by atoms with Crippen molar-refractivity contribution in [2.75, 3.05) is 0 Å². The van der Waals surface area contributed by atoms with Gasteiger partial charge in [0, 0.05) is 10.0 Å². The van der Waals surface area contributed by atoms with Crippen LogP contribution in [-0.4, -0.2) is 0 Å². The number of hydrogen-bond donors (Lipinski definition) is 0. The quantitative estimate of drug-likeness (QED) is 0.676. The zero-order valence-electron chi connectivity index (χ0n) is 12.9. The second kappa shape index (κ2) is 6.83. The van der Waals surface area contributed by atoms with Crippen LogP contribution in [0.2, 0.25) is 10.0 Å². The van der Waals surface area contributed by atoms with E-state index in [1.165, 1.54) is 11.1 Å². The highest BCUT2D eigenvalue weighted by Gasteiger charge is 2.06. The predicted octanol–water partition coefficient (Wildman–Crippen LogP) is 5.94. The largest absolute Gasteiger partial charge is 0.372 e. The van der Waals surface area contributed by atoms with Crippen LogP contribution in [0.4, 0.5) is 0 Å². The Balaban J connectivity index is 2.05. The van der Waals surface area contributed by atoms with Gasteiger partial charge in [-0.3, -0.25) is 0 Å². The molecular formula is C18H20Cl2O. The van der Waals surface area contributed by atoms with E-state index in [9.17, 15) is 0 Å². The van der Waals surface area contributed by atoms with E-state index in [2.05, 4.69) is 26.0 Å². The molecule has 0 heterocycles. The van der Waals surface area contributed by atoms with E-state index in [1.807, 2.05) is 26.0 Å². The van der Waals surface area contributed by atoms with Crippen LogP contribution in [0.5, 0.6) is 0 Å². The Morgan fingerprint density at radius 2 is 1.05 bits per heavy atom. The van der Waals surface area contributed by atoms with Crippen molar-refractivity contribution in [3.05, 3.63) is 67.7 Å². The summed E-state index contributed by atoms with van der Waals surface area (Å²) in [5.41, 5.74) is 6.85. The lowest BCUT2D eigenvalue weighted by atomic mass is 10.1. The number of halogens is 2. The van der Waals surface area contributed by atoms with Gasteiger partial charge in [0.05, 0.1) is 13.2 Å². The second-order valence-corrected chi connectivity index (χ2v) is 6.36. The maximum atomic E-state index is 6.17. The fourth-order valence-electron chi connectivity index (χ4n) is 2.32. The van der Waals surface area contributed by atoms with Crippen LogP contribution in [0.3, 0.4) is 0 Å². The molecule has 0 bridgehead atoms. The summed E-state index contributed by atoms with van der Waals surface area (Å²) < 4.78 is 5.84. The minimum absolute atomic E-state index is 0.552. The molecule has 0 saturated heterocycles. The molecule has 2 rings (SSSR count). The summed E-state index contributed by atoms with van der Waals surface area (Å²) in [4.78, 5) is 0. The Bertz CT molecular complexity index is 605. The zero-order valence-corrected chi connectivity index (χ0v) is 14.4. The highest BCUT2D eigenvalue weighted by molar-refractivity contribution is 6.31. The van der Waals surface area contributed by atoms with Crippen molar-refractivity contribution in [2.45, 2.75) is 40.9 Å². The van der Waals surface area contributed by atoms with E-state index in [4.69, 9.17) is 27.9 Å². The summed E-state index contributed by atoms with van der Waals surface area (Å²) >= 11 is 12.3. The Labute approximate surface area is 136 Å². The third-order valence-electron chi connectivity index (χ3n) is 3.75. The van der Waals surface area contributed by atoms with Gasteiger partial charge in [-0.05, 0) is 73.2 Å². The molecule has 0 amide bonds. The van der Waals surface area contributed by atoms with Crippen molar-refractivity contribution < 1.29 is 4.74 Å². The van der Waals surface area contributed by atoms with E-state index in [0.29, 0.717) is 13.2 Å². The summed E-state index contributed by atoms with van der Waals surface area (Å²) in [6.45, 7) is 9.29. The predicted molar refractivity (Wildman–Crippen MR) is 90.3 cm³/mol. The molecule has 0 aliphatic carbocycles. The van der Waals surface area contributed by atoms with Gasteiger partial charge in [0.1, 0.15) is 0 Å². The molecule has 1 nitrogen and oxygen atoms in total. The first-order chi connectivity index (χ1) is 9.88. The lowest BCUT2D eigenvalue weighted by molar-refractivity contribution is 0.106. The molecular weight excluding hydrogens is 303 g/mol. The van der Waals surface area contributed by atoms with E-state index >= 15 is 0 Å². The molecule has 3 heteroatoms. The van der Waals surface area contributed by atoms with E-state index in [0.717, 1.165) is 32.3 Å². The third kappa shape index (κ3) is 4.00. The zero-order chi connectivity index (χ0) is 15.6. The minimum Gasteiger partial charge on any atom is -0.372 e. The fraction of sp³-hybridized carbons (Fsp3) is 0.333. The van der Waals surface area contributed by atoms with Crippen LogP contribution in [-0.2, 0) is 18.0 Å². The smallest absolute Gasteiger partial charge is 0.0724 e. The van der Waals surface area contributed by atoms with Crippen LogP contribution < -0.4 is 0 Å². The van der Waals surface area contributed by atoms with Crippen molar-refractivity contribution in [2.24, 2.45) is 0 Å². The van der Waals surface area contributed by atoms with E-state index in [-0.39, 0.29) is 0 Å². The SMILES string of the molecule is Cc1cc(C)c(COCc2cc(Cl)c(C)cc2C)cc1Cl. The highest BCUT2D eigenvalue weighted by atomic mass is 35.5. The molecule has 0 aliphatic heterocycles. The summed E-state index contributed by atoms with van der Waals surface area (Å²) in [6, 6.07) is 8.16. The van der Waals surface area contributed by atoms with Gasteiger partial charge < -0.3 is 4.74 Å². The molecule has 0 aliphatic rings. The van der Waals surface area contributed by atoms with Gasteiger partial charge in [-0.25, -0.2) is 0 Å².